The Morgan fingerprint density at radius 3 is 0.792 bits per heavy atom. The summed E-state index contributed by atoms with van der Waals surface area (Å²) in [6, 6.07) is 28.1. The molecule has 0 spiro atoms. The van der Waals surface area contributed by atoms with Crippen LogP contribution in [0, 0.1) is 13.8 Å². The summed E-state index contributed by atoms with van der Waals surface area (Å²) in [5.74, 6) is 2.77. The van der Waals surface area contributed by atoms with Crippen LogP contribution in [0.3, 0.4) is 0 Å². The minimum atomic E-state index is -2.79. The van der Waals surface area contributed by atoms with Crippen molar-refractivity contribution >= 4 is 28.8 Å². The molecule has 0 heterocycles. The second kappa shape index (κ2) is 18.9. The van der Waals surface area contributed by atoms with Crippen LogP contribution in [0.15, 0.2) is 66.7 Å². The van der Waals surface area contributed by atoms with Crippen molar-refractivity contribution in [3.05, 3.63) is 111 Å². The molecule has 0 saturated heterocycles. The molecule has 48 heavy (non-hydrogen) atoms. The minimum Gasteiger partial charge on any atom is -1.00 e. The Morgan fingerprint density at radius 2 is 0.625 bits per heavy atom. The van der Waals surface area contributed by atoms with E-state index in [0.29, 0.717) is 35.5 Å². The fraction of sp³-hybridized carbons (Fsp3) is 0.465. The quantitative estimate of drug-likeness (QED) is 0.130. The molecule has 0 amide bonds. The first kappa shape index (κ1) is 46.8. The van der Waals surface area contributed by atoms with Gasteiger partial charge in [0.1, 0.15) is 8.07 Å². The van der Waals surface area contributed by atoms with Crippen LogP contribution in [0.2, 0.25) is 0 Å². The molecule has 4 aromatic carbocycles. The van der Waals surface area contributed by atoms with Gasteiger partial charge in [-0.3, -0.25) is 0 Å². The molecule has 5 heteroatoms. The first-order valence-corrected chi connectivity index (χ1v) is 19.3. The topological polar surface area (TPSA) is 0 Å². The first-order chi connectivity index (χ1) is 20.6. The second-order valence-corrected chi connectivity index (χ2v) is 19.2. The molecule has 0 N–H and O–H groups in total. The fourth-order valence-corrected chi connectivity index (χ4v) is 12.2. The zero-order valence-electron chi connectivity index (χ0n) is 31.9. The summed E-state index contributed by atoms with van der Waals surface area (Å²) in [6.07, 6.45) is 0. The largest absolute Gasteiger partial charge is 4.00 e. The summed E-state index contributed by atoms with van der Waals surface area (Å²) in [6.45, 7) is 32.9. The van der Waals surface area contributed by atoms with Crippen molar-refractivity contribution in [1.82, 2.24) is 0 Å². The van der Waals surface area contributed by atoms with Crippen molar-refractivity contribution in [2.45, 2.75) is 132 Å². The van der Waals surface area contributed by atoms with Gasteiger partial charge in [-0.2, -0.15) is 11.6 Å². The number of benzene rings is 3. The van der Waals surface area contributed by atoms with Gasteiger partial charge < -0.3 is 37.2 Å². The average Bonchev–Trinajstić information content (AvgIpc) is 3.30. The number of halogens is 3. The molecule has 0 aliphatic rings. The Hall–Kier alpha value is -1.19. The van der Waals surface area contributed by atoms with Crippen molar-refractivity contribution in [2.75, 3.05) is 0 Å². The van der Waals surface area contributed by atoms with Crippen molar-refractivity contribution in [1.29, 1.82) is 0 Å². The standard InChI is InChI=1S/C43H59Si.3ClH.Ti/c1-26(2)34-17-35(27(3)4)21-40(20-34)44(43-16-32(13)15-33(43)14,41-22-36(28(5)6)18-37(23-41)29(7)8)42-24-38(30(9)10)19-39(25-42)31(11)12;;;;/h15-31H,1-14H3;3*1H;/q-1;;;;+4/p-3. The van der Waals surface area contributed by atoms with Gasteiger partial charge >= 0.3 is 21.7 Å². The van der Waals surface area contributed by atoms with E-state index in [1.807, 2.05) is 0 Å². The molecule has 0 nitrogen and oxygen atoms in total. The fourth-order valence-electron chi connectivity index (χ4n) is 6.85. The summed E-state index contributed by atoms with van der Waals surface area (Å²) >= 11 is 0. The van der Waals surface area contributed by atoms with Gasteiger partial charge in [-0.1, -0.05) is 167 Å². The number of rotatable bonds is 10. The van der Waals surface area contributed by atoms with E-state index in [2.05, 4.69) is 164 Å². The molecule has 0 aromatic heterocycles. The van der Waals surface area contributed by atoms with Gasteiger partial charge in [0, 0.05) is 0 Å². The van der Waals surface area contributed by atoms with Crippen molar-refractivity contribution in [3.63, 3.8) is 0 Å². The van der Waals surface area contributed by atoms with E-state index < -0.39 is 8.07 Å². The summed E-state index contributed by atoms with van der Waals surface area (Å²) in [5.41, 5.74) is 11.5. The number of hydrogen-bond donors (Lipinski definition) is 0. The van der Waals surface area contributed by atoms with Crippen LogP contribution >= 0.6 is 0 Å². The molecular formula is C43H59Cl3SiTi. The summed E-state index contributed by atoms with van der Waals surface area (Å²) < 4.78 is 0. The van der Waals surface area contributed by atoms with E-state index in [1.54, 1.807) is 5.19 Å². The van der Waals surface area contributed by atoms with Crippen LogP contribution in [0.4, 0.5) is 0 Å². The molecular weight excluding hydrogens is 699 g/mol. The SMILES string of the molecule is Cc1cc(C)[c-]([Si](c2cc(C(C)C)cc(C(C)C)c2)(c2cc(C(C)C)cc(C(C)C)c2)c2cc(C(C)C)cc(C(C)C)c2)c1.[Cl-].[Cl-].[Cl-].[Ti+4]. The Kier molecular flexibility index (Phi) is 18.4. The Labute approximate surface area is 329 Å². The van der Waals surface area contributed by atoms with E-state index in [4.69, 9.17) is 0 Å². The smallest absolute Gasteiger partial charge is 1.00 e. The van der Waals surface area contributed by atoms with Gasteiger partial charge in [0.25, 0.3) is 0 Å². The third-order valence-corrected chi connectivity index (χ3v) is 14.7. The van der Waals surface area contributed by atoms with Gasteiger partial charge in [-0.25, -0.2) is 11.6 Å². The van der Waals surface area contributed by atoms with E-state index in [-0.39, 0.29) is 58.9 Å². The van der Waals surface area contributed by atoms with E-state index in [0.717, 1.165) is 0 Å². The summed E-state index contributed by atoms with van der Waals surface area (Å²) in [7, 11) is -2.79. The minimum absolute atomic E-state index is 0. The molecule has 260 valence electrons. The average molecular weight is 758 g/mol. The zero-order valence-corrected chi connectivity index (χ0v) is 36.8. The van der Waals surface area contributed by atoms with Gasteiger partial charge in [0.05, 0.1) is 0 Å². The number of aryl methyl sites for hydroxylation is 2. The normalized spacial score (nSPS) is 11.6. The van der Waals surface area contributed by atoms with Crippen molar-refractivity contribution < 1.29 is 58.9 Å². The van der Waals surface area contributed by atoms with Gasteiger partial charge in [-0.15, -0.1) is 5.19 Å². The maximum Gasteiger partial charge on any atom is 4.00 e. The summed E-state index contributed by atoms with van der Waals surface area (Å²) in [5, 5.41) is 6.16. The summed E-state index contributed by atoms with van der Waals surface area (Å²) in [4.78, 5) is 0. The molecule has 0 aliphatic carbocycles. The van der Waals surface area contributed by atoms with Crippen LogP contribution in [-0.4, -0.2) is 8.07 Å². The van der Waals surface area contributed by atoms with Crippen molar-refractivity contribution in [3.8, 4) is 0 Å². The van der Waals surface area contributed by atoms with Crippen LogP contribution in [-0.2, 0) is 21.7 Å². The zero-order chi connectivity index (χ0) is 32.7. The van der Waals surface area contributed by atoms with Gasteiger partial charge in [0.15, 0.2) is 0 Å². The Balaban J connectivity index is 0.00000552. The number of hydrogen-bond acceptors (Lipinski definition) is 0. The van der Waals surface area contributed by atoms with Crippen LogP contribution in [0.25, 0.3) is 0 Å². The van der Waals surface area contributed by atoms with Crippen LogP contribution in [0.1, 0.15) is 163 Å². The van der Waals surface area contributed by atoms with E-state index in [9.17, 15) is 0 Å². The van der Waals surface area contributed by atoms with E-state index >= 15 is 0 Å². The third-order valence-electron chi connectivity index (χ3n) is 9.88. The van der Waals surface area contributed by atoms with E-state index in [1.165, 1.54) is 60.1 Å². The Bertz CT molecular complexity index is 1380. The molecule has 0 radical (unpaired) electrons. The third kappa shape index (κ3) is 9.57. The first-order valence-electron chi connectivity index (χ1n) is 17.3. The van der Waals surface area contributed by atoms with Crippen LogP contribution in [0.5, 0.6) is 0 Å². The molecule has 0 atom stereocenters. The van der Waals surface area contributed by atoms with Crippen molar-refractivity contribution in [2.24, 2.45) is 0 Å². The molecule has 4 aromatic rings. The Morgan fingerprint density at radius 1 is 0.396 bits per heavy atom. The van der Waals surface area contributed by atoms with Gasteiger partial charge in [0.2, 0.25) is 0 Å². The maximum atomic E-state index is 2.61. The molecule has 0 bridgehead atoms. The monoisotopic (exact) mass is 756 g/mol. The molecule has 0 unspecified atom stereocenters. The second-order valence-electron chi connectivity index (χ2n) is 15.5. The molecule has 4 rings (SSSR count). The van der Waals surface area contributed by atoms with Gasteiger partial charge in [-0.05, 0) is 68.9 Å². The molecule has 0 saturated carbocycles. The molecule has 0 aliphatic heterocycles. The predicted molar refractivity (Wildman–Crippen MR) is 200 cm³/mol. The van der Waals surface area contributed by atoms with Crippen LogP contribution < -0.4 is 58.0 Å². The maximum absolute atomic E-state index is 2.79. The predicted octanol–water partition coefficient (Wildman–Crippen LogP) is 1.15. The molecule has 0 fully saturated rings.